The number of aromatic nitrogens is 2. The van der Waals surface area contributed by atoms with Gasteiger partial charge in [-0.2, -0.15) is 5.10 Å². The van der Waals surface area contributed by atoms with Crippen LogP contribution in [0.15, 0.2) is 115 Å². The number of benzene rings is 3. The fraction of sp³-hybridized carbons (Fsp3) is 0.179. The van der Waals surface area contributed by atoms with Crippen molar-refractivity contribution in [2.45, 2.75) is 18.9 Å². The molecule has 3 nitrogen and oxygen atoms in total. The molecule has 31 heavy (non-hydrogen) atoms. The number of anilines is 1. The van der Waals surface area contributed by atoms with Crippen molar-refractivity contribution in [3.8, 4) is 0 Å². The maximum absolute atomic E-state index is 5.19. The normalized spacial score (nSPS) is 14.4. The lowest BCUT2D eigenvalue weighted by molar-refractivity contribution is 0.459. The van der Waals surface area contributed by atoms with E-state index in [-0.39, 0.29) is 0 Å². The number of hydrogen-bond acceptors (Lipinski definition) is 2. The van der Waals surface area contributed by atoms with Gasteiger partial charge in [0.2, 0.25) is 0 Å². The first-order valence-electron chi connectivity index (χ1n) is 10.9. The summed E-state index contributed by atoms with van der Waals surface area (Å²) >= 11 is 0. The SMILES string of the molecule is CC1=CCCN(c2ccn(C(c3ccccc3)(c3ccccc3)c3ccccc3)n2)C1. The molecule has 5 rings (SSSR count). The van der Waals surface area contributed by atoms with Crippen molar-refractivity contribution in [2.75, 3.05) is 18.0 Å². The summed E-state index contributed by atoms with van der Waals surface area (Å²) in [5.41, 5.74) is 4.43. The molecule has 3 aromatic carbocycles. The van der Waals surface area contributed by atoms with E-state index in [9.17, 15) is 0 Å². The van der Waals surface area contributed by atoms with Crippen LogP contribution in [0.5, 0.6) is 0 Å². The van der Waals surface area contributed by atoms with Crippen molar-refractivity contribution in [1.82, 2.24) is 9.78 Å². The summed E-state index contributed by atoms with van der Waals surface area (Å²) in [6.45, 7) is 4.14. The van der Waals surface area contributed by atoms with Crippen LogP contribution in [-0.2, 0) is 5.54 Å². The van der Waals surface area contributed by atoms with Gasteiger partial charge in [-0.1, -0.05) is 103 Å². The van der Waals surface area contributed by atoms with Gasteiger partial charge in [0.1, 0.15) is 5.54 Å². The molecule has 1 aliphatic rings. The van der Waals surface area contributed by atoms with Crippen LogP contribution in [0.1, 0.15) is 30.0 Å². The Morgan fingerprint density at radius 1 is 0.710 bits per heavy atom. The van der Waals surface area contributed by atoms with E-state index in [4.69, 9.17) is 5.10 Å². The second-order valence-electron chi connectivity index (χ2n) is 8.19. The van der Waals surface area contributed by atoms with E-state index in [2.05, 4.69) is 126 Å². The third-order valence-corrected chi connectivity index (χ3v) is 6.15. The van der Waals surface area contributed by atoms with Crippen LogP contribution in [0.4, 0.5) is 5.82 Å². The van der Waals surface area contributed by atoms with Gasteiger partial charge >= 0.3 is 0 Å². The van der Waals surface area contributed by atoms with Gasteiger partial charge in [0.15, 0.2) is 5.82 Å². The molecule has 4 aromatic rings. The third-order valence-electron chi connectivity index (χ3n) is 6.15. The topological polar surface area (TPSA) is 21.1 Å². The predicted molar refractivity (Wildman–Crippen MR) is 127 cm³/mol. The summed E-state index contributed by atoms with van der Waals surface area (Å²) in [5.74, 6) is 1.03. The molecule has 0 atom stereocenters. The molecule has 0 bridgehead atoms. The average molecular weight is 406 g/mol. The van der Waals surface area contributed by atoms with E-state index in [1.165, 1.54) is 22.3 Å². The molecule has 1 aliphatic heterocycles. The highest BCUT2D eigenvalue weighted by Gasteiger charge is 2.39. The van der Waals surface area contributed by atoms with Gasteiger partial charge in [0.05, 0.1) is 0 Å². The Balaban J connectivity index is 1.74. The highest BCUT2D eigenvalue weighted by molar-refractivity contribution is 5.51. The number of hydrogen-bond donors (Lipinski definition) is 0. The second kappa shape index (κ2) is 8.27. The van der Waals surface area contributed by atoms with Gasteiger partial charge in [-0.15, -0.1) is 0 Å². The summed E-state index contributed by atoms with van der Waals surface area (Å²) in [5, 5.41) is 5.19. The maximum atomic E-state index is 5.19. The van der Waals surface area contributed by atoms with Crippen molar-refractivity contribution in [2.24, 2.45) is 0 Å². The number of rotatable bonds is 5. The van der Waals surface area contributed by atoms with Crippen LogP contribution in [0.2, 0.25) is 0 Å². The zero-order chi connectivity index (χ0) is 21.1. The minimum Gasteiger partial charge on any atom is -0.351 e. The van der Waals surface area contributed by atoms with Crippen LogP contribution >= 0.6 is 0 Å². The van der Waals surface area contributed by atoms with Crippen molar-refractivity contribution >= 4 is 5.82 Å². The molecule has 0 spiro atoms. The molecule has 2 heterocycles. The molecule has 0 radical (unpaired) electrons. The van der Waals surface area contributed by atoms with Crippen LogP contribution < -0.4 is 4.90 Å². The Hall–Kier alpha value is -3.59. The fourth-order valence-corrected chi connectivity index (χ4v) is 4.71. The molecule has 154 valence electrons. The molecule has 0 aliphatic carbocycles. The largest absolute Gasteiger partial charge is 0.351 e. The predicted octanol–water partition coefficient (Wildman–Crippen LogP) is 5.88. The van der Waals surface area contributed by atoms with Crippen molar-refractivity contribution in [3.63, 3.8) is 0 Å². The smallest absolute Gasteiger partial charge is 0.150 e. The molecule has 0 saturated heterocycles. The molecule has 0 N–H and O–H groups in total. The van der Waals surface area contributed by atoms with Gasteiger partial charge in [-0.25, -0.2) is 0 Å². The highest BCUT2D eigenvalue weighted by atomic mass is 15.4. The standard InChI is InChI=1S/C28H27N3/c1-23-12-11-20-30(22-23)27-19-21-31(29-27)28(24-13-5-2-6-14-24,25-15-7-3-8-16-25)26-17-9-4-10-18-26/h2-10,12-19,21H,11,20,22H2,1H3. The summed E-state index contributed by atoms with van der Waals surface area (Å²) in [4.78, 5) is 2.37. The van der Waals surface area contributed by atoms with E-state index < -0.39 is 5.54 Å². The monoisotopic (exact) mass is 405 g/mol. The first kappa shape index (κ1) is 19.4. The molecule has 3 heteroatoms. The zero-order valence-corrected chi connectivity index (χ0v) is 17.9. The molecule has 0 amide bonds. The lowest BCUT2D eigenvalue weighted by Gasteiger charge is -2.36. The molecule has 1 aromatic heterocycles. The molecule has 0 fully saturated rings. The van der Waals surface area contributed by atoms with Crippen molar-refractivity contribution in [3.05, 3.63) is 132 Å². The molecule has 0 saturated carbocycles. The minimum atomic E-state index is -0.553. The Morgan fingerprint density at radius 2 is 1.23 bits per heavy atom. The Morgan fingerprint density at radius 3 is 1.71 bits per heavy atom. The lowest BCUT2D eigenvalue weighted by atomic mass is 9.77. The van der Waals surface area contributed by atoms with Gasteiger partial charge < -0.3 is 4.90 Å². The first-order chi connectivity index (χ1) is 15.3. The third kappa shape index (κ3) is 3.46. The Kier molecular flexibility index (Phi) is 5.17. The fourth-order valence-electron chi connectivity index (χ4n) is 4.71. The minimum absolute atomic E-state index is 0.553. The summed E-state index contributed by atoms with van der Waals surface area (Å²) in [6, 6.07) is 34.3. The van der Waals surface area contributed by atoms with Crippen molar-refractivity contribution in [1.29, 1.82) is 0 Å². The van der Waals surface area contributed by atoms with E-state index in [1.807, 2.05) is 0 Å². The van der Waals surface area contributed by atoms with Crippen LogP contribution in [-0.4, -0.2) is 22.9 Å². The Labute approximate surface area is 184 Å². The molecule has 0 unspecified atom stereocenters. The average Bonchev–Trinajstić information content (AvgIpc) is 3.32. The van der Waals surface area contributed by atoms with Gasteiger partial charge in [-0.05, 0) is 30.0 Å². The number of nitrogens with zero attached hydrogens (tertiary/aromatic N) is 3. The molecular formula is C28H27N3. The molecular weight excluding hydrogens is 378 g/mol. The Bertz CT molecular complexity index is 1060. The van der Waals surface area contributed by atoms with Gasteiger partial charge in [-0.3, -0.25) is 4.68 Å². The van der Waals surface area contributed by atoms with Crippen LogP contribution in [0.3, 0.4) is 0 Å². The highest BCUT2D eigenvalue weighted by Crippen LogP contribution is 2.40. The quantitative estimate of drug-likeness (QED) is 0.305. The van der Waals surface area contributed by atoms with E-state index >= 15 is 0 Å². The van der Waals surface area contributed by atoms with E-state index in [0.29, 0.717) is 0 Å². The van der Waals surface area contributed by atoms with Crippen LogP contribution in [0.25, 0.3) is 0 Å². The summed E-state index contributed by atoms with van der Waals surface area (Å²) in [7, 11) is 0. The summed E-state index contributed by atoms with van der Waals surface area (Å²) in [6.07, 6.45) is 5.53. The first-order valence-corrected chi connectivity index (χ1v) is 10.9. The zero-order valence-electron chi connectivity index (χ0n) is 17.9. The van der Waals surface area contributed by atoms with E-state index in [0.717, 1.165) is 25.3 Å². The summed E-state index contributed by atoms with van der Waals surface area (Å²) < 4.78 is 2.15. The van der Waals surface area contributed by atoms with Gasteiger partial charge in [0.25, 0.3) is 0 Å². The van der Waals surface area contributed by atoms with E-state index in [1.54, 1.807) is 0 Å². The maximum Gasteiger partial charge on any atom is 0.150 e. The second-order valence-corrected chi connectivity index (χ2v) is 8.19. The van der Waals surface area contributed by atoms with Crippen molar-refractivity contribution < 1.29 is 0 Å². The van der Waals surface area contributed by atoms with Crippen LogP contribution in [0, 0.1) is 0 Å². The van der Waals surface area contributed by atoms with Gasteiger partial charge in [0, 0.05) is 25.4 Å². The lowest BCUT2D eigenvalue weighted by Crippen LogP contribution is -2.38.